The van der Waals surface area contributed by atoms with Crippen LogP contribution in [0.15, 0.2) is 79.1 Å². The summed E-state index contributed by atoms with van der Waals surface area (Å²) in [5, 5.41) is 2.65. The van der Waals surface area contributed by atoms with Gasteiger partial charge in [-0.2, -0.15) is 0 Å². The third kappa shape index (κ3) is 3.41. The minimum Gasteiger partial charge on any atom is -0.399 e. The van der Waals surface area contributed by atoms with Crippen LogP contribution < -0.4 is 16.0 Å². The molecule has 0 radical (unpaired) electrons. The summed E-state index contributed by atoms with van der Waals surface area (Å²) in [7, 11) is 0. The van der Waals surface area contributed by atoms with Crippen molar-refractivity contribution in [2.24, 2.45) is 0 Å². The van der Waals surface area contributed by atoms with E-state index >= 15 is 0 Å². The average molecular weight is 371 g/mol. The molecule has 7 nitrogen and oxygen atoms in total. The molecule has 2 amide bonds. The van der Waals surface area contributed by atoms with E-state index in [1.54, 1.807) is 73.1 Å². The van der Waals surface area contributed by atoms with Crippen molar-refractivity contribution in [3.8, 4) is 0 Å². The molecule has 28 heavy (non-hydrogen) atoms. The lowest BCUT2D eigenvalue weighted by atomic mass is 10.2. The smallest absolute Gasteiger partial charge is 0.321 e. The van der Waals surface area contributed by atoms with Crippen LogP contribution in [0.1, 0.15) is 0 Å². The Morgan fingerprint density at radius 1 is 0.929 bits per heavy atom. The van der Waals surface area contributed by atoms with Crippen LogP contribution in [0.25, 0.3) is 11.0 Å². The van der Waals surface area contributed by atoms with Crippen molar-refractivity contribution in [2.75, 3.05) is 16.0 Å². The summed E-state index contributed by atoms with van der Waals surface area (Å²) in [5.74, 6) is -1.46. The van der Waals surface area contributed by atoms with E-state index in [1.807, 2.05) is 6.07 Å². The van der Waals surface area contributed by atoms with Gasteiger partial charge in [-0.05, 0) is 54.6 Å². The van der Waals surface area contributed by atoms with Crippen molar-refractivity contribution in [3.05, 3.63) is 79.1 Å². The number of rotatable bonds is 3. The van der Waals surface area contributed by atoms with Crippen molar-refractivity contribution in [1.29, 1.82) is 0 Å². The van der Waals surface area contributed by atoms with Crippen LogP contribution >= 0.6 is 0 Å². The van der Waals surface area contributed by atoms with E-state index in [0.29, 0.717) is 22.7 Å². The summed E-state index contributed by atoms with van der Waals surface area (Å²) in [6.07, 6.45) is 1.57. The number of amides is 2. The molecule has 0 bridgehead atoms. The number of imidazole rings is 1. The first-order chi connectivity index (χ1) is 13.6. The van der Waals surface area contributed by atoms with Gasteiger partial charge in [0.15, 0.2) is 0 Å². The molecule has 0 atom stereocenters. The molecule has 0 saturated carbocycles. The Kier molecular flexibility index (Phi) is 4.47. The minimum atomic E-state index is -0.750. The highest BCUT2D eigenvalue weighted by atomic mass is 16.2. The predicted octanol–water partition coefficient (Wildman–Crippen LogP) is 3.45. The number of hydrogen-bond donors (Lipinski definition) is 3. The van der Waals surface area contributed by atoms with E-state index in [1.165, 1.54) is 4.90 Å². The molecular weight excluding hydrogens is 354 g/mol. The van der Waals surface area contributed by atoms with Crippen LogP contribution in [0.5, 0.6) is 0 Å². The summed E-state index contributed by atoms with van der Waals surface area (Å²) in [6.45, 7) is 0. The van der Waals surface area contributed by atoms with Crippen molar-refractivity contribution >= 4 is 45.6 Å². The number of hydrogen-bond acceptors (Lipinski definition) is 4. The third-order valence-electron chi connectivity index (χ3n) is 4.24. The van der Waals surface area contributed by atoms with Crippen LogP contribution in [-0.2, 0) is 9.59 Å². The van der Waals surface area contributed by atoms with Crippen molar-refractivity contribution in [2.45, 2.75) is 0 Å². The first-order valence-corrected chi connectivity index (χ1v) is 8.61. The Hall–Kier alpha value is -4.13. The second-order valence-electron chi connectivity index (χ2n) is 6.16. The Labute approximate surface area is 160 Å². The lowest BCUT2D eigenvalue weighted by Crippen LogP contribution is -2.36. The molecule has 1 heterocycles. The number of fused-ring (bicyclic) bond motifs is 1. The van der Waals surface area contributed by atoms with Crippen LogP contribution in [0, 0.1) is 0 Å². The van der Waals surface area contributed by atoms with E-state index in [-0.39, 0.29) is 0 Å². The average Bonchev–Trinajstić information content (AvgIpc) is 3.18. The number of nitrogen functional groups attached to an aromatic ring is 1. The highest BCUT2D eigenvalue weighted by Crippen LogP contribution is 2.26. The molecule has 0 fully saturated rings. The van der Waals surface area contributed by atoms with Crippen molar-refractivity contribution in [3.63, 3.8) is 0 Å². The standard InChI is InChI=1S/C21H17N5O2/c22-14-6-9-17(10-7-14)26(16-4-2-1-3-5-16)21(28)20(27)25-15-8-11-18-19(12-15)24-13-23-18/h1-13H,22H2,(H,23,24)(H,25,27). The highest BCUT2D eigenvalue weighted by molar-refractivity contribution is 6.45. The zero-order valence-electron chi connectivity index (χ0n) is 14.8. The molecular formula is C21H17N5O2. The molecule has 138 valence electrons. The van der Waals surface area contributed by atoms with Gasteiger partial charge in [0, 0.05) is 22.7 Å². The Morgan fingerprint density at radius 3 is 2.39 bits per heavy atom. The normalized spacial score (nSPS) is 10.6. The Balaban J connectivity index is 1.64. The maximum atomic E-state index is 13.0. The number of aromatic nitrogens is 2. The van der Waals surface area contributed by atoms with E-state index in [2.05, 4.69) is 15.3 Å². The molecule has 0 saturated heterocycles. The second kappa shape index (κ2) is 7.24. The zero-order chi connectivity index (χ0) is 19.5. The monoisotopic (exact) mass is 371 g/mol. The molecule has 4 rings (SSSR count). The zero-order valence-corrected chi connectivity index (χ0v) is 14.8. The summed E-state index contributed by atoms with van der Waals surface area (Å²) < 4.78 is 0. The van der Waals surface area contributed by atoms with Crippen molar-refractivity contribution < 1.29 is 9.59 Å². The molecule has 4 aromatic rings. The van der Waals surface area contributed by atoms with E-state index in [0.717, 1.165) is 11.0 Å². The maximum Gasteiger partial charge on any atom is 0.321 e. The molecule has 0 aliphatic heterocycles. The minimum absolute atomic E-state index is 0.500. The van der Waals surface area contributed by atoms with Gasteiger partial charge in [-0.3, -0.25) is 14.5 Å². The molecule has 0 aliphatic rings. The number of nitrogens with one attached hydrogen (secondary N) is 2. The fourth-order valence-electron chi connectivity index (χ4n) is 2.88. The second-order valence-corrected chi connectivity index (χ2v) is 6.16. The van der Waals surface area contributed by atoms with Gasteiger partial charge in [-0.1, -0.05) is 18.2 Å². The number of nitrogens with zero attached hydrogens (tertiary/aromatic N) is 2. The number of carbonyl (C=O) groups excluding carboxylic acids is 2. The number of H-pyrrole nitrogens is 1. The largest absolute Gasteiger partial charge is 0.399 e. The summed E-state index contributed by atoms with van der Waals surface area (Å²) in [6, 6.07) is 20.9. The van der Waals surface area contributed by atoms with Gasteiger partial charge in [0.2, 0.25) is 0 Å². The lowest BCUT2D eigenvalue weighted by molar-refractivity contribution is -0.134. The first kappa shape index (κ1) is 17.3. The van der Waals surface area contributed by atoms with E-state index in [4.69, 9.17) is 5.73 Å². The van der Waals surface area contributed by atoms with Crippen LogP contribution in [-0.4, -0.2) is 21.8 Å². The number of para-hydroxylation sites is 1. The van der Waals surface area contributed by atoms with Gasteiger partial charge in [0.05, 0.1) is 17.4 Å². The number of benzene rings is 3. The van der Waals surface area contributed by atoms with Gasteiger partial charge < -0.3 is 16.0 Å². The predicted molar refractivity (Wildman–Crippen MR) is 109 cm³/mol. The summed E-state index contributed by atoms with van der Waals surface area (Å²) in [5.41, 5.74) is 9.49. The van der Waals surface area contributed by atoms with Gasteiger partial charge in [-0.15, -0.1) is 0 Å². The molecule has 1 aromatic heterocycles. The topological polar surface area (TPSA) is 104 Å². The van der Waals surface area contributed by atoms with Crippen LogP contribution in [0.3, 0.4) is 0 Å². The van der Waals surface area contributed by atoms with Gasteiger partial charge in [0.1, 0.15) is 0 Å². The molecule has 0 unspecified atom stereocenters. The number of nitrogens with two attached hydrogens (primary N) is 1. The SMILES string of the molecule is Nc1ccc(N(C(=O)C(=O)Nc2ccc3nc[nH]c3c2)c2ccccc2)cc1. The number of anilines is 4. The summed E-state index contributed by atoms with van der Waals surface area (Å²) in [4.78, 5) is 34.2. The molecule has 0 spiro atoms. The van der Waals surface area contributed by atoms with Crippen LogP contribution in [0.4, 0.5) is 22.7 Å². The number of carbonyl (C=O) groups is 2. The fraction of sp³-hybridized carbons (Fsp3) is 0. The first-order valence-electron chi connectivity index (χ1n) is 8.61. The Bertz CT molecular complexity index is 1140. The highest BCUT2D eigenvalue weighted by Gasteiger charge is 2.25. The quantitative estimate of drug-likeness (QED) is 0.379. The van der Waals surface area contributed by atoms with Gasteiger partial charge in [0.25, 0.3) is 0 Å². The van der Waals surface area contributed by atoms with Crippen molar-refractivity contribution in [1.82, 2.24) is 9.97 Å². The molecule has 3 aromatic carbocycles. The molecule has 4 N–H and O–H groups in total. The fourth-order valence-corrected chi connectivity index (χ4v) is 2.88. The van der Waals surface area contributed by atoms with Gasteiger partial charge in [-0.25, -0.2) is 4.98 Å². The number of aromatic amines is 1. The lowest BCUT2D eigenvalue weighted by Gasteiger charge is -2.22. The molecule has 0 aliphatic carbocycles. The third-order valence-corrected chi connectivity index (χ3v) is 4.24. The van der Waals surface area contributed by atoms with Crippen LogP contribution in [0.2, 0.25) is 0 Å². The van der Waals surface area contributed by atoms with E-state index in [9.17, 15) is 9.59 Å². The van der Waals surface area contributed by atoms with E-state index < -0.39 is 11.8 Å². The Morgan fingerprint density at radius 2 is 1.64 bits per heavy atom. The van der Waals surface area contributed by atoms with Gasteiger partial charge >= 0.3 is 11.8 Å². The molecule has 7 heteroatoms. The maximum absolute atomic E-state index is 13.0. The summed E-state index contributed by atoms with van der Waals surface area (Å²) >= 11 is 0.